The molecule has 1 aromatic rings. The molecular weight excluding hydrogens is 270 g/mol. The van der Waals surface area contributed by atoms with Gasteiger partial charge < -0.3 is 5.32 Å². The van der Waals surface area contributed by atoms with Gasteiger partial charge in [-0.3, -0.25) is 0 Å². The first-order valence-corrected chi connectivity index (χ1v) is 5.30. The second-order valence-corrected chi connectivity index (χ2v) is 3.83. The minimum atomic E-state index is 0.955. The fraction of sp³-hybridized carbons (Fsp3) is 0.250. The van der Waals surface area contributed by atoms with E-state index in [-0.39, 0.29) is 0 Å². The van der Waals surface area contributed by atoms with Crippen molar-refractivity contribution in [2.75, 3.05) is 17.2 Å². The molecule has 0 aliphatic rings. The summed E-state index contributed by atoms with van der Waals surface area (Å²) in [6.07, 6.45) is 0. The maximum atomic E-state index is 3.40. The highest BCUT2D eigenvalue weighted by molar-refractivity contribution is 9.10. The molecule has 0 bridgehead atoms. The van der Waals surface area contributed by atoms with Gasteiger partial charge in [0.05, 0.1) is 0 Å². The number of hydrogen-bond acceptors (Lipinski definition) is 1. The Balaban J connectivity index is 2.56. The molecule has 1 rings (SSSR count). The highest BCUT2D eigenvalue weighted by Crippen LogP contribution is 2.15. The first-order chi connectivity index (χ1) is 5.33. The van der Waals surface area contributed by atoms with Crippen LogP contribution < -0.4 is 5.32 Å². The Kier molecular flexibility index (Phi) is 3.94. The lowest BCUT2D eigenvalue weighted by Crippen LogP contribution is -2.01. The zero-order valence-electron chi connectivity index (χ0n) is 5.98. The average Bonchev–Trinajstić information content (AvgIpc) is 2.01. The van der Waals surface area contributed by atoms with Gasteiger partial charge >= 0.3 is 0 Å². The van der Waals surface area contributed by atoms with Crippen molar-refractivity contribution in [3.05, 3.63) is 28.7 Å². The Morgan fingerprint density at radius 3 is 2.82 bits per heavy atom. The molecule has 0 aliphatic heterocycles. The maximum absolute atomic E-state index is 3.40. The third kappa shape index (κ3) is 3.25. The number of halogens is 2. The Hall–Kier alpha value is -0.0200. The predicted octanol–water partition coefficient (Wildman–Crippen LogP) is 3.26. The van der Waals surface area contributed by atoms with Crippen LogP contribution in [0.25, 0.3) is 0 Å². The quantitative estimate of drug-likeness (QED) is 0.837. The molecule has 0 fully saturated rings. The summed E-state index contributed by atoms with van der Waals surface area (Å²) < 4.78 is 1.11. The van der Waals surface area contributed by atoms with Gasteiger partial charge in [0.15, 0.2) is 0 Å². The second-order valence-electron chi connectivity index (χ2n) is 2.13. The number of rotatable bonds is 3. The molecule has 0 radical (unpaired) electrons. The fourth-order valence-corrected chi connectivity index (χ4v) is 1.39. The summed E-state index contributed by atoms with van der Waals surface area (Å²) in [6, 6.07) is 8.13. The Labute approximate surface area is 83.4 Å². The number of nitrogens with one attached hydrogen (secondary N) is 1. The summed E-state index contributed by atoms with van der Waals surface area (Å²) in [5.74, 6) is 0. The van der Waals surface area contributed by atoms with Crippen molar-refractivity contribution in [3.8, 4) is 0 Å². The van der Waals surface area contributed by atoms with E-state index in [1.165, 1.54) is 0 Å². The fourth-order valence-electron chi connectivity index (χ4n) is 0.790. The van der Waals surface area contributed by atoms with Crippen LogP contribution in [0.3, 0.4) is 0 Å². The van der Waals surface area contributed by atoms with Crippen LogP contribution in [0.1, 0.15) is 0 Å². The van der Waals surface area contributed by atoms with E-state index in [1.54, 1.807) is 0 Å². The third-order valence-electron chi connectivity index (χ3n) is 1.25. The van der Waals surface area contributed by atoms with Crippen molar-refractivity contribution >= 4 is 37.5 Å². The van der Waals surface area contributed by atoms with Crippen LogP contribution >= 0.6 is 31.9 Å². The molecule has 0 spiro atoms. The Bertz CT molecular complexity index is 225. The minimum absolute atomic E-state index is 0.955. The van der Waals surface area contributed by atoms with Gasteiger partial charge in [-0.1, -0.05) is 37.9 Å². The Morgan fingerprint density at radius 2 is 2.18 bits per heavy atom. The lowest BCUT2D eigenvalue weighted by atomic mass is 10.3. The van der Waals surface area contributed by atoms with E-state index in [4.69, 9.17) is 0 Å². The van der Waals surface area contributed by atoms with Crippen LogP contribution in [-0.4, -0.2) is 11.9 Å². The standard InChI is InChI=1S/C8H9Br2N/c9-4-5-11-8-3-1-2-7(10)6-8/h1-3,6,11H,4-5H2. The highest BCUT2D eigenvalue weighted by Gasteiger charge is 1.90. The largest absolute Gasteiger partial charge is 0.384 e. The molecule has 0 aromatic heterocycles. The summed E-state index contributed by atoms with van der Waals surface area (Å²) in [6.45, 7) is 0.955. The van der Waals surface area contributed by atoms with Crippen LogP contribution in [0.15, 0.2) is 28.7 Å². The smallest absolute Gasteiger partial charge is 0.0351 e. The summed E-state index contributed by atoms with van der Waals surface area (Å²) in [5, 5.41) is 4.23. The van der Waals surface area contributed by atoms with Crippen LogP contribution in [0.2, 0.25) is 0 Å². The van der Waals surface area contributed by atoms with Crippen molar-refractivity contribution in [1.82, 2.24) is 0 Å². The van der Waals surface area contributed by atoms with Crippen molar-refractivity contribution < 1.29 is 0 Å². The summed E-state index contributed by atoms with van der Waals surface area (Å²) >= 11 is 6.75. The SMILES string of the molecule is BrCCNc1cccc(Br)c1. The van der Waals surface area contributed by atoms with Crippen LogP contribution in [0, 0.1) is 0 Å². The highest BCUT2D eigenvalue weighted by atomic mass is 79.9. The molecule has 0 unspecified atom stereocenters. The monoisotopic (exact) mass is 277 g/mol. The number of benzene rings is 1. The van der Waals surface area contributed by atoms with Gasteiger partial charge in [-0.15, -0.1) is 0 Å². The Morgan fingerprint density at radius 1 is 1.36 bits per heavy atom. The zero-order chi connectivity index (χ0) is 8.10. The molecule has 11 heavy (non-hydrogen) atoms. The van der Waals surface area contributed by atoms with Gasteiger partial charge in [-0.25, -0.2) is 0 Å². The molecule has 1 aromatic carbocycles. The molecule has 60 valence electrons. The van der Waals surface area contributed by atoms with E-state index in [0.717, 1.165) is 22.0 Å². The van der Waals surface area contributed by atoms with Gasteiger partial charge in [0.25, 0.3) is 0 Å². The van der Waals surface area contributed by atoms with Gasteiger partial charge in [-0.05, 0) is 18.2 Å². The van der Waals surface area contributed by atoms with Crippen LogP contribution in [0.4, 0.5) is 5.69 Å². The van der Waals surface area contributed by atoms with E-state index in [0.29, 0.717) is 0 Å². The third-order valence-corrected chi connectivity index (χ3v) is 2.14. The van der Waals surface area contributed by atoms with Crippen molar-refractivity contribution in [2.24, 2.45) is 0 Å². The molecule has 3 heteroatoms. The molecule has 0 heterocycles. The van der Waals surface area contributed by atoms with Gasteiger partial charge in [0.2, 0.25) is 0 Å². The summed E-state index contributed by atoms with van der Waals surface area (Å²) in [7, 11) is 0. The van der Waals surface area contributed by atoms with Crippen molar-refractivity contribution in [2.45, 2.75) is 0 Å². The average molecular weight is 279 g/mol. The molecule has 0 saturated carbocycles. The van der Waals surface area contributed by atoms with E-state index in [9.17, 15) is 0 Å². The van der Waals surface area contributed by atoms with Gasteiger partial charge in [0.1, 0.15) is 0 Å². The zero-order valence-corrected chi connectivity index (χ0v) is 9.15. The molecular formula is C8H9Br2N. The first kappa shape index (κ1) is 9.07. The predicted molar refractivity (Wildman–Crippen MR) is 56.4 cm³/mol. The molecule has 0 amide bonds. The molecule has 0 saturated heterocycles. The minimum Gasteiger partial charge on any atom is -0.384 e. The van der Waals surface area contributed by atoms with Crippen molar-refractivity contribution in [3.63, 3.8) is 0 Å². The van der Waals surface area contributed by atoms with Gasteiger partial charge in [-0.2, -0.15) is 0 Å². The lowest BCUT2D eigenvalue weighted by molar-refractivity contribution is 1.24. The second kappa shape index (κ2) is 4.78. The van der Waals surface area contributed by atoms with Crippen molar-refractivity contribution in [1.29, 1.82) is 0 Å². The van der Waals surface area contributed by atoms with Crippen LogP contribution in [0.5, 0.6) is 0 Å². The molecule has 1 N–H and O–H groups in total. The molecule has 1 nitrogen and oxygen atoms in total. The number of hydrogen-bond donors (Lipinski definition) is 1. The summed E-state index contributed by atoms with van der Waals surface area (Å²) in [4.78, 5) is 0. The number of alkyl halides is 1. The molecule has 0 aliphatic carbocycles. The number of anilines is 1. The first-order valence-electron chi connectivity index (χ1n) is 3.38. The van der Waals surface area contributed by atoms with E-state index in [2.05, 4.69) is 43.2 Å². The lowest BCUT2D eigenvalue weighted by Gasteiger charge is -2.03. The van der Waals surface area contributed by atoms with Gasteiger partial charge in [0, 0.05) is 22.0 Å². The summed E-state index contributed by atoms with van der Waals surface area (Å²) in [5.41, 5.74) is 1.15. The van der Waals surface area contributed by atoms with Crippen LogP contribution in [-0.2, 0) is 0 Å². The normalized spacial score (nSPS) is 9.64. The van der Waals surface area contributed by atoms with E-state index in [1.807, 2.05) is 18.2 Å². The van der Waals surface area contributed by atoms with E-state index < -0.39 is 0 Å². The topological polar surface area (TPSA) is 12.0 Å². The van der Waals surface area contributed by atoms with E-state index >= 15 is 0 Å². The molecule has 0 atom stereocenters. The maximum Gasteiger partial charge on any atom is 0.0351 e.